The Balaban J connectivity index is 2.42. The van der Waals surface area contributed by atoms with Crippen LogP contribution in [-0.2, 0) is 10.0 Å². The van der Waals surface area contributed by atoms with Gasteiger partial charge in [-0.25, -0.2) is 13.6 Å². The number of hydrogen-bond acceptors (Lipinski definition) is 6. The highest BCUT2D eigenvalue weighted by molar-refractivity contribution is 7.89. The predicted octanol–water partition coefficient (Wildman–Crippen LogP) is 2.68. The summed E-state index contributed by atoms with van der Waals surface area (Å²) in [5, 5.41) is 28.3. The van der Waals surface area contributed by atoms with Crippen molar-refractivity contribution in [2.75, 3.05) is 5.32 Å². The van der Waals surface area contributed by atoms with Crippen LogP contribution in [0.25, 0.3) is 0 Å². The summed E-state index contributed by atoms with van der Waals surface area (Å²) in [6.45, 7) is 1.86. The molecule has 0 amide bonds. The Kier molecular flexibility index (Phi) is 5.36. The molecule has 25 heavy (non-hydrogen) atoms. The number of benzene rings is 2. The fraction of sp³-hybridized carbons (Fsp3) is 0.188. The molecule has 2 aromatic carbocycles. The maximum absolute atomic E-state index is 11.5. The third-order valence-corrected chi connectivity index (χ3v) is 4.56. The summed E-state index contributed by atoms with van der Waals surface area (Å²) in [6.07, 6.45) is 0.547. The number of nitro groups is 1. The number of rotatable bonds is 6. The molecule has 1 atom stereocenters. The van der Waals surface area contributed by atoms with E-state index >= 15 is 0 Å². The zero-order valence-electron chi connectivity index (χ0n) is 13.3. The number of primary sulfonamides is 1. The van der Waals surface area contributed by atoms with Crippen molar-refractivity contribution in [3.63, 3.8) is 0 Å². The molecule has 9 heteroatoms. The SMILES string of the molecule is CCC(Nc1ccc(C#N)cc1[N+](=O)[O-])c1cccc(S(N)(=O)=O)c1. The number of nitrogens with one attached hydrogen (secondary N) is 1. The average Bonchev–Trinajstić information content (AvgIpc) is 2.58. The van der Waals surface area contributed by atoms with E-state index < -0.39 is 14.9 Å². The lowest BCUT2D eigenvalue weighted by molar-refractivity contribution is -0.384. The molecule has 0 saturated carbocycles. The van der Waals surface area contributed by atoms with Crippen LogP contribution in [-0.4, -0.2) is 13.3 Å². The van der Waals surface area contributed by atoms with Gasteiger partial charge in [0.2, 0.25) is 10.0 Å². The fourth-order valence-electron chi connectivity index (χ4n) is 2.39. The molecule has 0 aliphatic carbocycles. The molecule has 0 fully saturated rings. The number of nitro benzene ring substituents is 1. The lowest BCUT2D eigenvalue weighted by atomic mass is 10.0. The van der Waals surface area contributed by atoms with Crippen molar-refractivity contribution in [2.24, 2.45) is 5.14 Å². The molecule has 0 heterocycles. The zero-order valence-corrected chi connectivity index (χ0v) is 14.2. The lowest BCUT2D eigenvalue weighted by Gasteiger charge is -2.19. The highest BCUT2D eigenvalue weighted by Crippen LogP contribution is 2.31. The third-order valence-electron chi connectivity index (χ3n) is 3.65. The molecule has 0 aliphatic heterocycles. The number of nitrogens with two attached hydrogens (primary N) is 1. The van der Waals surface area contributed by atoms with E-state index in [9.17, 15) is 18.5 Å². The van der Waals surface area contributed by atoms with Gasteiger partial charge in [0, 0.05) is 6.07 Å². The zero-order chi connectivity index (χ0) is 18.6. The van der Waals surface area contributed by atoms with E-state index in [1.165, 1.54) is 30.3 Å². The second-order valence-electron chi connectivity index (χ2n) is 5.32. The Hall–Kier alpha value is -2.96. The first-order valence-corrected chi connectivity index (χ1v) is 8.88. The first kappa shape index (κ1) is 18.4. The summed E-state index contributed by atoms with van der Waals surface area (Å²) >= 11 is 0. The summed E-state index contributed by atoms with van der Waals surface area (Å²) in [6, 6.07) is 11.7. The van der Waals surface area contributed by atoms with E-state index in [1.807, 2.05) is 13.0 Å². The summed E-state index contributed by atoms with van der Waals surface area (Å²) < 4.78 is 23.0. The number of anilines is 1. The van der Waals surface area contributed by atoms with Crippen LogP contribution in [0.1, 0.15) is 30.5 Å². The normalized spacial score (nSPS) is 12.2. The van der Waals surface area contributed by atoms with Crippen molar-refractivity contribution in [1.82, 2.24) is 0 Å². The summed E-state index contributed by atoms with van der Waals surface area (Å²) in [7, 11) is -3.84. The molecule has 0 radical (unpaired) electrons. The molecule has 8 nitrogen and oxygen atoms in total. The number of sulfonamides is 1. The van der Waals surface area contributed by atoms with E-state index in [-0.39, 0.29) is 27.9 Å². The van der Waals surface area contributed by atoms with E-state index in [0.717, 1.165) is 0 Å². The average molecular weight is 360 g/mol. The monoisotopic (exact) mass is 360 g/mol. The number of hydrogen-bond donors (Lipinski definition) is 2. The van der Waals surface area contributed by atoms with Crippen LogP contribution >= 0.6 is 0 Å². The van der Waals surface area contributed by atoms with Crippen LogP contribution in [0.2, 0.25) is 0 Å². The first-order valence-electron chi connectivity index (χ1n) is 7.34. The van der Waals surface area contributed by atoms with Gasteiger partial charge in [-0.3, -0.25) is 10.1 Å². The molecule has 0 spiro atoms. The molecule has 3 N–H and O–H groups in total. The number of nitriles is 1. The topological polar surface area (TPSA) is 139 Å². The van der Waals surface area contributed by atoms with E-state index in [4.69, 9.17) is 10.4 Å². The Morgan fingerprint density at radius 1 is 1.32 bits per heavy atom. The van der Waals surface area contributed by atoms with Crippen molar-refractivity contribution in [3.8, 4) is 6.07 Å². The maximum Gasteiger partial charge on any atom is 0.293 e. The van der Waals surface area contributed by atoms with Gasteiger partial charge in [-0.2, -0.15) is 5.26 Å². The first-order chi connectivity index (χ1) is 11.8. The van der Waals surface area contributed by atoms with Crippen molar-refractivity contribution < 1.29 is 13.3 Å². The summed E-state index contributed by atoms with van der Waals surface area (Å²) in [5.41, 5.74) is 0.839. The predicted molar refractivity (Wildman–Crippen MR) is 92.3 cm³/mol. The van der Waals surface area contributed by atoms with Gasteiger partial charge in [0.05, 0.1) is 27.5 Å². The van der Waals surface area contributed by atoms with Gasteiger partial charge in [0.25, 0.3) is 5.69 Å². The molecular weight excluding hydrogens is 344 g/mol. The molecule has 0 bridgehead atoms. The van der Waals surface area contributed by atoms with E-state index in [2.05, 4.69) is 5.32 Å². The standard InChI is InChI=1S/C16H16N4O4S/c1-2-14(12-4-3-5-13(9-12)25(18,23)24)19-15-7-6-11(10-17)8-16(15)20(21)22/h3-9,14,19H,2H2,1H3,(H2,18,23,24). The van der Waals surface area contributed by atoms with Crippen LogP contribution < -0.4 is 10.5 Å². The Labute approximate surface area is 145 Å². The van der Waals surface area contributed by atoms with Crippen LogP contribution in [0.15, 0.2) is 47.4 Å². The van der Waals surface area contributed by atoms with Gasteiger partial charge in [0.15, 0.2) is 0 Å². The van der Waals surface area contributed by atoms with E-state index in [1.54, 1.807) is 12.1 Å². The molecule has 2 aromatic rings. The molecule has 0 aliphatic rings. The van der Waals surface area contributed by atoms with Crippen LogP contribution in [0, 0.1) is 21.4 Å². The Bertz CT molecular complexity index is 951. The molecule has 0 saturated heterocycles. The number of nitrogens with zero attached hydrogens (tertiary/aromatic N) is 2. The fourth-order valence-corrected chi connectivity index (χ4v) is 2.96. The summed E-state index contributed by atoms with van der Waals surface area (Å²) in [4.78, 5) is 10.6. The second kappa shape index (κ2) is 7.29. The Morgan fingerprint density at radius 2 is 2.04 bits per heavy atom. The molecule has 1 unspecified atom stereocenters. The quantitative estimate of drug-likeness (QED) is 0.599. The van der Waals surface area contributed by atoms with Gasteiger partial charge < -0.3 is 5.32 Å². The van der Waals surface area contributed by atoms with Gasteiger partial charge in [-0.15, -0.1) is 0 Å². The molecule has 0 aromatic heterocycles. The van der Waals surface area contributed by atoms with Gasteiger partial charge in [-0.05, 0) is 36.2 Å². The van der Waals surface area contributed by atoms with Gasteiger partial charge in [0.1, 0.15) is 5.69 Å². The highest BCUT2D eigenvalue weighted by Gasteiger charge is 2.19. The minimum absolute atomic E-state index is 0.0282. The van der Waals surface area contributed by atoms with Crippen LogP contribution in [0.4, 0.5) is 11.4 Å². The van der Waals surface area contributed by atoms with E-state index in [0.29, 0.717) is 12.0 Å². The molecule has 130 valence electrons. The lowest BCUT2D eigenvalue weighted by Crippen LogP contribution is -2.15. The maximum atomic E-state index is 11.5. The second-order valence-corrected chi connectivity index (χ2v) is 6.88. The van der Waals surface area contributed by atoms with Gasteiger partial charge in [-0.1, -0.05) is 19.1 Å². The minimum atomic E-state index is -3.84. The third kappa shape index (κ3) is 4.32. The van der Waals surface area contributed by atoms with Crippen molar-refractivity contribution in [1.29, 1.82) is 5.26 Å². The Morgan fingerprint density at radius 3 is 2.60 bits per heavy atom. The smallest absolute Gasteiger partial charge is 0.293 e. The van der Waals surface area contributed by atoms with Crippen LogP contribution in [0.3, 0.4) is 0 Å². The molecular formula is C16H16N4O4S. The van der Waals surface area contributed by atoms with Crippen molar-refractivity contribution in [2.45, 2.75) is 24.3 Å². The van der Waals surface area contributed by atoms with Crippen molar-refractivity contribution >= 4 is 21.4 Å². The van der Waals surface area contributed by atoms with Crippen molar-refractivity contribution in [3.05, 3.63) is 63.7 Å². The highest BCUT2D eigenvalue weighted by atomic mass is 32.2. The molecule has 2 rings (SSSR count). The minimum Gasteiger partial charge on any atom is -0.373 e. The largest absolute Gasteiger partial charge is 0.373 e. The van der Waals surface area contributed by atoms with Crippen LogP contribution in [0.5, 0.6) is 0 Å². The van der Waals surface area contributed by atoms with Gasteiger partial charge >= 0.3 is 0 Å². The summed E-state index contributed by atoms with van der Waals surface area (Å²) in [5.74, 6) is 0.